The fourth-order valence-corrected chi connectivity index (χ4v) is 2.97. The monoisotopic (exact) mass is 337 g/mol. The minimum atomic E-state index is -0.347. The summed E-state index contributed by atoms with van der Waals surface area (Å²) in [5, 5.41) is 3.32. The highest BCUT2D eigenvalue weighted by atomic mass is 35.5. The molecule has 1 heterocycles. The molecule has 0 saturated carbocycles. The number of nitrogens with zero attached hydrogens (tertiary/aromatic N) is 2. The lowest BCUT2D eigenvalue weighted by atomic mass is 9.94. The third-order valence-corrected chi connectivity index (χ3v) is 4.12. The van der Waals surface area contributed by atoms with Gasteiger partial charge in [-0.25, -0.2) is 0 Å². The van der Waals surface area contributed by atoms with Gasteiger partial charge in [0.05, 0.1) is 10.7 Å². The molecule has 1 fully saturated rings. The summed E-state index contributed by atoms with van der Waals surface area (Å²) in [5.74, 6) is 0.0624. The molecule has 5 nitrogen and oxygen atoms in total. The van der Waals surface area contributed by atoms with E-state index in [1.54, 1.807) is 6.07 Å². The highest BCUT2D eigenvalue weighted by Crippen LogP contribution is 2.30. The third kappa shape index (κ3) is 4.38. The van der Waals surface area contributed by atoms with E-state index < -0.39 is 0 Å². The molecular weight excluding hydrogens is 314 g/mol. The van der Waals surface area contributed by atoms with E-state index in [1.807, 2.05) is 37.8 Å². The molecule has 1 N–H and O–H groups in total. The van der Waals surface area contributed by atoms with Crippen LogP contribution in [-0.4, -0.2) is 42.9 Å². The average molecular weight is 338 g/mol. The van der Waals surface area contributed by atoms with Crippen molar-refractivity contribution in [1.29, 1.82) is 0 Å². The maximum Gasteiger partial charge on any atom is 0.228 e. The number of carbonyl (C=O) groups is 2. The number of nitrogens with one attached hydrogen (secondary N) is 1. The standard InChI is InChI=1S/C17H24ClN3O2/c1-12(22)19-13-5-6-15(14(18)11-13)20-7-9-21(10-8-20)16(23)17(2,3)4/h5-6,11H,7-10H2,1-4H3,(H,19,22). The van der Waals surface area contributed by atoms with Gasteiger partial charge in [0.15, 0.2) is 0 Å². The Morgan fingerprint density at radius 1 is 1.13 bits per heavy atom. The van der Waals surface area contributed by atoms with Gasteiger partial charge in [0.25, 0.3) is 0 Å². The van der Waals surface area contributed by atoms with E-state index >= 15 is 0 Å². The minimum absolute atomic E-state index is 0.122. The van der Waals surface area contributed by atoms with Crippen molar-refractivity contribution >= 4 is 34.8 Å². The number of amides is 2. The minimum Gasteiger partial charge on any atom is -0.367 e. The second-order valence-electron chi connectivity index (χ2n) is 6.88. The summed E-state index contributed by atoms with van der Waals surface area (Å²) in [7, 11) is 0. The van der Waals surface area contributed by atoms with Crippen LogP contribution in [0.5, 0.6) is 0 Å². The highest BCUT2D eigenvalue weighted by Gasteiger charge is 2.30. The average Bonchev–Trinajstić information content (AvgIpc) is 2.45. The zero-order valence-corrected chi connectivity index (χ0v) is 14.9. The lowest BCUT2D eigenvalue weighted by molar-refractivity contribution is -0.139. The summed E-state index contributed by atoms with van der Waals surface area (Å²) in [4.78, 5) is 27.5. The first kappa shape index (κ1) is 17.6. The van der Waals surface area contributed by atoms with E-state index in [4.69, 9.17) is 11.6 Å². The van der Waals surface area contributed by atoms with Crippen LogP contribution in [0.15, 0.2) is 18.2 Å². The van der Waals surface area contributed by atoms with Crippen LogP contribution in [0.3, 0.4) is 0 Å². The van der Waals surface area contributed by atoms with Crippen LogP contribution in [0.4, 0.5) is 11.4 Å². The molecule has 6 heteroatoms. The Labute approximate surface area is 142 Å². The predicted molar refractivity (Wildman–Crippen MR) is 94.0 cm³/mol. The molecule has 126 valence electrons. The second-order valence-corrected chi connectivity index (χ2v) is 7.28. The van der Waals surface area contributed by atoms with Crippen LogP contribution in [0.25, 0.3) is 0 Å². The summed E-state index contributed by atoms with van der Waals surface area (Å²) in [6.07, 6.45) is 0. The first-order chi connectivity index (χ1) is 10.7. The molecule has 0 spiro atoms. The van der Waals surface area contributed by atoms with Gasteiger partial charge in [0.2, 0.25) is 11.8 Å². The smallest absolute Gasteiger partial charge is 0.228 e. The fraction of sp³-hybridized carbons (Fsp3) is 0.529. The molecule has 2 amide bonds. The fourth-order valence-electron chi connectivity index (χ4n) is 2.67. The zero-order valence-electron chi connectivity index (χ0n) is 14.1. The van der Waals surface area contributed by atoms with E-state index in [0.29, 0.717) is 23.8 Å². The van der Waals surface area contributed by atoms with Crippen LogP contribution < -0.4 is 10.2 Å². The summed E-state index contributed by atoms with van der Waals surface area (Å²) in [6, 6.07) is 5.51. The lowest BCUT2D eigenvalue weighted by Gasteiger charge is -2.39. The third-order valence-electron chi connectivity index (χ3n) is 3.82. The molecular formula is C17H24ClN3O2. The van der Waals surface area contributed by atoms with E-state index in [0.717, 1.165) is 18.8 Å². The number of piperazine rings is 1. The Morgan fingerprint density at radius 2 is 1.74 bits per heavy atom. The molecule has 1 aromatic carbocycles. The Morgan fingerprint density at radius 3 is 2.22 bits per heavy atom. The molecule has 0 unspecified atom stereocenters. The number of rotatable bonds is 2. The molecule has 23 heavy (non-hydrogen) atoms. The van der Waals surface area contributed by atoms with Gasteiger partial charge in [-0.15, -0.1) is 0 Å². The van der Waals surface area contributed by atoms with Gasteiger partial charge in [-0.2, -0.15) is 0 Å². The SMILES string of the molecule is CC(=O)Nc1ccc(N2CCN(C(=O)C(C)(C)C)CC2)c(Cl)c1. The van der Waals surface area contributed by atoms with Gasteiger partial charge >= 0.3 is 0 Å². The number of hydrogen-bond donors (Lipinski definition) is 1. The van der Waals surface area contributed by atoms with Gasteiger partial charge < -0.3 is 15.1 Å². The first-order valence-electron chi connectivity index (χ1n) is 7.80. The summed E-state index contributed by atoms with van der Waals surface area (Å²) in [6.45, 7) is 10.2. The van der Waals surface area contributed by atoms with Crippen LogP contribution in [-0.2, 0) is 9.59 Å². The van der Waals surface area contributed by atoms with Gasteiger partial charge in [0, 0.05) is 44.2 Å². The summed E-state index contributed by atoms with van der Waals surface area (Å²) < 4.78 is 0. The van der Waals surface area contributed by atoms with Crippen LogP contribution in [0.2, 0.25) is 5.02 Å². The second kappa shape index (κ2) is 6.79. The quantitative estimate of drug-likeness (QED) is 0.902. The topological polar surface area (TPSA) is 52.7 Å². The maximum absolute atomic E-state index is 12.3. The molecule has 1 aliphatic heterocycles. The molecule has 1 aliphatic rings. The lowest BCUT2D eigenvalue weighted by Crippen LogP contribution is -2.51. The normalized spacial score (nSPS) is 15.5. The molecule has 0 atom stereocenters. The Kier molecular flexibility index (Phi) is 5.19. The van der Waals surface area contributed by atoms with Gasteiger partial charge in [-0.1, -0.05) is 32.4 Å². The van der Waals surface area contributed by atoms with Crippen molar-refractivity contribution in [3.05, 3.63) is 23.2 Å². The molecule has 0 bridgehead atoms. The molecule has 2 rings (SSSR count). The largest absolute Gasteiger partial charge is 0.367 e. The van der Waals surface area contributed by atoms with Crippen LogP contribution in [0, 0.1) is 5.41 Å². The maximum atomic E-state index is 12.3. The summed E-state index contributed by atoms with van der Waals surface area (Å²) >= 11 is 6.34. The van der Waals surface area contributed by atoms with Crippen molar-refractivity contribution in [3.8, 4) is 0 Å². The molecule has 0 aliphatic carbocycles. The first-order valence-corrected chi connectivity index (χ1v) is 8.18. The molecule has 1 saturated heterocycles. The molecule has 1 aromatic rings. The van der Waals surface area contributed by atoms with Gasteiger partial charge in [-0.05, 0) is 18.2 Å². The Hall–Kier alpha value is -1.75. The highest BCUT2D eigenvalue weighted by molar-refractivity contribution is 6.33. The van der Waals surface area contributed by atoms with Crippen molar-refractivity contribution in [2.24, 2.45) is 5.41 Å². The Balaban J connectivity index is 2.03. The van der Waals surface area contributed by atoms with Crippen molar-refractivity contribution < 1.29 is 9.59 Å². The van der Waals surface area contributed by atoms with Gasteiger partial charge in [0.1, 0.15) is 0 Å². The van der Waals surface area contributed by atoms with E-state index in [-0.39, 0.29) is 17.2 Å². The molecule has 0 radical (unpaired) electrons. The number of hydrogen-bond acceptors (Lipinski definition) is 3. The zero-order chi connectivity index (χ0) is 17.2. The van der Waals surface area contributed by atoms with Crippen molar-refractivity contribution in [2.45, 2.75) is 27.7 Å². The van der Waals surface area contributed by atoms with Gasteiger partial charge in [-0.3, -0.25) is 9.59 Å². The Bertz CT molecular complexity index is 602. The number of anilines is 2. The molecule has 0 aromatic heterocycles. The van der Waals surface area contributed by atoms with Crippen molar-refractivity contribution in [3.63, 3.8) is 0 Å². The predicted octanol–water partition coefficient (Wildman–Crippen LogP) is 2.99. The van der Waals surface area contributed by atoms with Crippen molar-refractivity contribution in [1.82, 2.24) is 4.90 Å². The van der Waals surface area contributed by atoms with E-state index in [2.05, 4.69) is 10.2 Å². The van der Waals surface area contributed by atoms with Crippen LogP contribution >= 0.6 is 11.6 Å². The van der Waals surface area contributed by atoms with E-state index in [9.17, 15) is 9.59 Å². The van der Waals surface area contributed by atoms with Crippen LogP contribution in [0.1, 0.15) is 27.7 Å². The number of carbonyl (C=O) groups excluding carboxylic acids is 2. The summed E-state index contributed by atoms with van der Waals surface area (Å²) in [5.41, 5.74) is 1.27. The van der Waals surface area contributed by atoms with Crippen molar-refractivity contribution in [2.75, 3.05) is 36.4 Å². The number of benzene rings is 1. The number of halogens is 1. The van der Waals surface area contributed by atoms with E-state index in [1.165, 1.54) is 6.92 Å².